The van der Waals surface area contributed by atoms with Gasteiger partial charge in [0.15, 0.2) is 5.76 Å². The van der Waals surface area contributed by atoms with Gasteiger partial charge in [-0.2, -0.15) is 0 Å². The quantitative estimate of drug-likeness (QED) is 0.266. The third kappa shape index (κ3) is 4.49. The van der Waals surface area contributed by atoms with Crippen molar-refractivity contribution in [3.8, 4) is 0 Å². The molecule has 3 aromatic rings. The minimum Gasteiger partial charge on any atom is -0.419 e. The van der Waals surface area contributed by atoms with Crippen molar-refractivity contribution < 1.29 is 22.7 Å². The van der Waals surface area contributed by atoms with Crippen molar-refractivity contribution in [1.82, 2.24) is 9.29 Å². The highest BCUT2D eigenvalue weighted by atomic mass is 32.2. The Morgan fingerprint density at radius 3 is 2.32 bits per heavy atom. The van der Waals surface area contributed by atoms with E-state index >= 15 is 0 Å². The first-order chi connectivity index (χ1) is 16.4. The number of esters is 1. The van der Waals surface area contributed by atoms with E-state index in [0.717, 1.165) is 17.1 Å². The SMILES string of the molecule is CCCCCN1C(C(=O)c2ccccc2)=C(OC(=O)c2ccccn2)c2ccccc2S1(=O)=O. The molecule has 0 unspecified atom stereocenters. The number of fused-ring (bicyclic) bond motifs is 1. The van der Waals surface area contributed by atoms with Gasteiger partial charge in [-0.25, -0.2) is 18.2 Å². The molecule has 34 heavy (non-hydrogen) atoms. The lowest BCUT2D eigenvalue weighted by atomic mass is 10.0. The number of carbonyl (C=O) groups excluding carboxylic acids is 2. The van der Waals surface area contributed by atoms with E-state index in [4.69, 9.17) is 4.74 Å². The number of nitrogens with zero attached hydrogens (tertiary/aromatic N) is 2. The number of pyridine rings is 1. The molecule has 4 rings (SSSR count). The number of ether oxygens (including phenoxy) is 1. The van der Waals surface area contributed by atoms with Gasteiger partial charge >= 0.3 is 5.97 Å². The summed E-state index contributed by atoms with van der Waals surface area (Å²) in [7, 11) is -4.05. The molecule has 8 heteroatoms. The number of ketones is 1. The van der Waals surface area contributed by atoms with E-state index < -0.39 is 21.8 Å². The third-order valence-corrected chi connectivity index (χ3v) is 7.31. The average Bonchev–Trinajstić information content (AvgIpc) is 2.87. The Morgan fingerprint density at radius 1 is 0.912 bits per heavy atom. The van der Waals surface area contributed by atoms with Crippen molar-refractivity contribution >= 4 is 27.5 Å². The zero-order valence-electron chi connectivity index (χ0n) is 18.7. The zero-order chi connectivity index (χ0) is 24.1. The number of carbonyl (C=O) groups is 2. The lowest BCUT2D eigenvalue weighted by molar-refractivity contribution is 0.0679. The predicted molar refractivity (Wildman–Crippen MR) is 127 cm³/mol. The van der Waals surface area contributed by atoms with Crippen LogP contribution >= 0.6 is 0 Å². The highest BCUT2D eigenvalue weighted by Gasteiger charge is 2.41. The summed E-state index contributed by atoms with van der Waals surface area (Å²) < 4.78 is 34.1. The van der Waals surface area contributed by atoms with Crippen molar-refractivity contribution in [3.05, 3.63) is 102 Å². The molecule has 0 amide bonds. The Kier molecular flexibility index (Phi) is 6.88. The van der Waals surface area contributed by atoms with Crippen LogP contribution in [0, 0.1) is 0 Å². The Labute approximate surface area is 198 Å². The van der Waals surface area contributed by atoms with Crippen LogP contribution in [0.4, 0.5) is 0 Å². The van der Waals surface area contributed by atoms with E-state index in [-0.39, 0.29) is 34.2 Å². The molecule has 1 aliphatic rings. The molecule has 174 valence electrons. The fraction of sp³-hybridized carbons (Fsp3) is 0.192. The van der Waals surface area contributed by atoms with Crippen LogP contribution in [0.1, 0.15) is 52.6 Å². The van der Waals surface area contributed by atoms with Crippen molar-refractivity contribution in [2.45, 2.75) is 31.1 Å². The molecule has 0 saturated heterocycles. The average molecular weight is 477 g/mol. The van der Waals surface area contributed by atoms with Gasteiger partial charge in [-0.05, 0) is 30.7 Å². The summed E-state index contributed by atoms with van der Waals surface area (Å²) in [6.45, 7) is 2.09. The third-order valence-electron chi connectivity index (χ3n) is 5.45. The number of sulfonamides is 1. The van der Waals surface area contributed by atoms with E-state index in [2.05, 4.69) is 4.98 Å². The van der Waals surface area contributed by atoms with E-state index in [0.29, 0.717) is 12.0 Å². The number of benzene rings is 2. The maximum atomic E-state index is 13.7. The molecule has 0 bridgehead atoms. The first kappa shape index (κ1) is 23.4. The van der Waals surface area contributed by atoms with E-state index in [1.807, 2.05) is 6.92 Å². The number of hydrogen-bond acceptors (Lipinski definition) is 6. The van der Waals surface area contributed by atoms with Gasteiger partial charge in [0, 0.05) is 23.9 Å². The van der Waals surface area contributed by atoms with Gasteiger partial charge in [0.1, 0.15) is 11.4 Å². The van der Waals surface area contributed by atoms with Gasteiger partial charge < -0.3 is 4.74 Å². The maximum absolute atomic E-state index is 13.7. The van der Waals surface area contributed by atoms with Crippen LogP contribution < -0.4 is 0 Å². The summed E-state index contributed by atoms with van der Waals surface area (Å²) in [5, 5.41) is 0. The summed E-state index contributed by atoms with van der Waals surface area (Å²) in [5.74, 6) is -1.41. The molecule has 2 aromatic carbocycles. The van der Waals surface area contributed by atoms with Crippen LogP contribution in [0.2, 0.25) is 0 Å². The van der Waals surface area contributed by atoms with Crippen molar-refractivity contribution in [1.29, 1.82) is 0 Å². The van der Waals surface area contributed by atoms with E-state index in [1.54, 1.807) is 54.6 Å². The van der Waals surface area contributed by atoms with Crippen molar-refractivity contribution in [3.63, 3.8) is 0 Å². The molecule has 0 fully saturated rings. The second kappa shape index (κ2) is 10.0. The highest BCUT2D eigenvalue weighted by Crippen LogP contribution is 2.39. The van der Waals surface area contributed by atoms with Gasteiger partial charge in [-0.15, -0.1) is 0 Å². The van der Waals surface area contributed by atoms with Gasteiger partial charge in [0.25, 0.3) is 10.0 Å². The van der Waals surface area contributed by atoms with Gasteiger partial charge in [-0.1, -0.05) is 68.3 Å². The van der Waals surface area contributed by atoms with Gasteiger partial charge in [0.05, 0.1) is 4.90 Å². The van der Waals surface area contributed by atoms with Crippen molar-refractivity contribution in [2.75, 3.05) is 6.54 Å². The Balaban J connectivity index is 1.93. The molecule has 0 N–H and O–H groups in total. The van der Waals surface area contributed by atoms with Crippen LogP contribution in [0.25, 0.3) is 5.76 Å². The minimum absolute atomic E-state index is 0.0140. The highest BCUT2D eigenvalue weighted by molar-refractivity contribution is 7.89. The number of allylic oxidation sites excluding steroid dienone is 1. The number of rotatable bonds is 8. The lowest BCUT2D eigenvalue weighted by Crippen LogP contribution is -2.39. The summed E-state index contributed by atoms with van der Waals surface area (Å²) in [5.41, 5.74) is 0.326. The van der Waals surface area contributed by atoms with Gasteiger partial charge in [-0.3, -0.25) is 9.10 Å². The first-order valence-electron chi connectivity index (χ1n) is 11.0. The molecule has 0 atom stereocenters. The second-order valence-corrected chi connectivity index (χ2v) is 9.59. The molecular formula is C26H24N2O5S. The van der Waals surface area contributed by atoms with Crippen molar-refractivity contribution in [2.24, 2.45) is 0 Å². The second-order valence-electron chi connectivity index (χ2n) is 7.76. The predicted octanol–water partition coefficient (Wildman–Crippen LogP) is 4.68. The summed E-state index contributed by atoms with van der Waals surface area (Å²) >= 11 is 0. The Morgan fingerprint density at radius 2 is 1.62 bits per heavy atom. The number of aromatic nitrogens is 1. The summed E-state index contributed by atoms with van der Waals surface area (Å²) in [4.78, 5) is 30.7. The summed E-state index contributed by atoms with van der Waals surface area (Å²) in [6.07, 6.45) is 3.66. The fourth-order valence-electron chi connectivity index (χ4n) is 3.77. The first-order valence-corrected chi connectivity index (χ1v) is 12.5. The van der Waals surface area contributed by atoms with Crippen LogP contribution in [-0.4, -0.2) is 36.0 Å². The molecule has 0 radical (unpaired) electrons. The monoisotopic (exact) mass is 476 g/mol. The topological polar surface area (TPSA) is 93.6 Å². The Bertz CT molecular complexity index is 1340. The molecular weight excluding hydrogens is 452 g/mol. The van der Waals surface area contributed by atoms with E-state index in [9.17, 15) is 18.0 Å². The normalized spacial score (nSPS) is 14.4. The largest absolute Gasteiger partial charge is 0.419 e. The molecule has 7 nitrogen and oxygen atoms in total. The standard InChI is InChI=1S/C26H24N2O5S/c1-2-3-11-18-28-23(24(29)19-12-5-4-6-13-19)25(33-26(30)21-15-9-10-17-27-21)20-14-7-8-16-22(20)34(28,31)32/h4-10,12-17H,2-3,11,18H2,1H3. The zero-order valence-corrected chi connectivity index (χ0v) is 19.5. The minimum atomic E-state index is -4.05. The number of hydrogen-bond donors (Lipinski definition) is 0. The lowest BCUT2D eigenvalue weighted by Gasteiger charge is -2.33. The summed E-state index contributed by atoms with van der Waals surface area (Å²) in [6, 6.07) is 19.4. The Hall–Kier alpha value is -3.78. The fourth-order valence-corrected chi connectivity index (χ4v) is 5.47. The number of unbranched alkanes of at least 4 members (excludes halogenated alkanes) is 2. The molecule has 2 heterocycles. The van der Waals surface area contributed by atoms with Crippen LogP contribution in [0.15, 0.2) is 89.6 Å². The molecule has 1 aliphatic heterocycles. The number of Topliss-reactive ketones (excluding diaryl/α,β-unsaturated/α-hetero) is 1. The van der Waals surface area contributed by atoms with Gasteiger partial charge in [0.2, 0.25) is 5.78 Å². The van der Waals surface area contributed by atoms with Crippen LogP contribution in [-0.2, 0) is 14.8 Å². The smallest absolute Gasteiger partial charge is 0.362 e. The molecule has 0 aliphatic carbocycles. The van der Waals surface area contributed by atoms with E-state index in [1.165, 1.54) is 24.4 Å². The molecule has 0 saturated carbocycles. The molecule has 0 spiro atoms. The van der Waals surface area contributed by atoms with Crippen LogP contribution in [0.5, 0.6) is 0 Å². The van der Waals surface area contributed by atoms with Crippen LogP contribution in [0.3, 0.4) is 0 Å². The molecule has 1 aromatic heterocycles. The maximum Gasteiger partial charge on any atom is 0.362 e.